The minimum Gasteiger partial charge on any atom is -0.493 e. The highest BCUT2D eigenvalue weighted by Gasteiger charge is 2.41. The summed E-state index contributed by atoms with van der Waals surface area (Å²) in [6, 6.07) is 25.1. The molecule has 8 nitrogen and oxygen atoms in total. The largest absolute Gasteiger partial charge is 0.493 e. The average Bonchev–Trinajstić information content (AvgIpc) is 3.76. The zero-order valence-electron chi connectivity index (χ0n) is 24.0. The number of fused-ring (bicyclic) bond motifs is 1. The van der Waals surface area contributed by atoms with Crippen molar-refractivity contribution in [2.24, 2.45) is 0 Å². The van der Waals surface area contributed by atoms with Gasteiger partial charge in [0.15, 0.2) is 0 Å². The molecule has 0 bridgehead atoms. The molecule has 0 N–H and O–H groups in total. The van der Waals surface area contributed by atoms with Crippen LogP contribution >= 0.6 is 11.3 Å². The van der Waals surface area contributed by atoms with E-state index in [1.54, 1.807) is 11.3 Å². The Balaban J connectivity index is 1.13. The summed E-state index contributed by atoms with van der Waals surface area (Å²) in [5.74, 6) is 1.75. The van der Waals surface area contributed by atoms with Gasteiger partial charge in [-0.05, 0) is 54.1 Å². The van der Waals surface area contributed by atoms with Crippen molar-refractivity contribution in [1.82, 2.24) is 9.88 Å². The molecule has 1 aliphatic rings. The van der Waals surface area contributed by atoms with Crippen LogP contribution in [0.15, 0.2) is 88.7 Å². The third kappa shape index (κ3) is 6.18. The summed E-state index contributed by atoms with van der Waals surface area (Å²) in [7, 11) is 1.49. The fraction of sp³-hybridized carbons (Fsp3) is 0.265. The molecule has 0 radical (unpaired) electrons. The zero-order valence-corrected chi connectivity index (χ0v) is 24.8. The van der Waals surface area contributed by atoms with Crippen LogP contribution in [-0.2, 0) is 33.5 Å². The van der Waals surface area contributed by atoms with E-state index >= 15 is 0 Å². The monoisotopic (exact) mass is 596 g/mol. The number of nitrogens with zero attached hydrogens (tertiary/aromatic N) is 2. The third-order valence-corrected chi connectivity index (χ3v) is 8.64. The first-order valence-electron chi connectivity index (χ1n) is 14.2. The number of cyclic esters (lactones) is 1. The van der Waals surface area contributed by atoms with Crippen molar-refractivity contribution in [3.8, 4) is 17.2 Å². The lowest BCUT2D eigenvalue weighted by Gasteiger charge is -2.24. The Hall–Kier alpha value is -4.47. The lowest BCUT2D eigenvalue weighted by Crippen LogP contribution is -2.46. The van der Waals surface area contributed by atoms with Crippen LogP contribution in [0, 0.1) is 6.92 Å². The molecular weight excluding hydrogens is 564 g/mol. The highest BCUT2D eigenvalue weighted by Crippen LogP contribution is 2.34. The average molecular weight is 597 g/mol. The third-order valence-electron chi connectivity index (χ3n) is 7.65. The quantitative estimate of drug-likeness (QED) is 0.169. The number of carbonyl (C=O) groups excluding carboxylic acids is 2. The zero-order chi connectivity index (χ0) is 29.8. The van der Waals surface area contributed by atoms with Crippen molar-refractivity contribution in [3.63, 3.8) is 0 Å². The summed E-state index contributed by atoms with van der Waals surface area (Å²) in [4.78, 5) is 32.1. The summed E-state index contributed by atoms with van der Waals surface area (Å²) in [6.07, 6.45) is -0.0239. The smallest absolute Gasteiger partial charge is 0.417 e. The van der Waals surface area contributed by atoms with Crippen molar-refractivity contribution in [3.05, 3.63) is 107 Å². The second-order valence-electron chi connectivity index (χ2n) is 10.4. The number of hydrogen-bond donors (Lipinski definition) is 0. The molecule has 5 aromatic rings. The molecule has 6 rings (SSSR count). The summed E-state index contributed by atoms with van der Waals surface area (Å²) < 4.78 is 24.0. The fourth-order valence-electron chi connectivity index (χ4n) is 5.40. The molecule has 2 amide bonds. The summed E-state index contributed by atoms with van der Waals surface area (Å²) in [6.45, 7) is 2.52. The first kappa shape index (κ1) is 28.6. The lowest BCUT2D eigenvalue weighted by atomic mass is 10.0. The lowest BCUT2D eigenvalue weighted by molar-refractivity contribution is -0.139. The molecule has 1 saturated heterocycles. The second-order valence-corrected chi connectivity index (χ2v) is 11.3. The van der Waals surface area contributed by atoms with Crippen LogP contribution in [0.1, 0.15) is 22.6 Å². The molecule has 0 saturated carbocycles. The van der Waals surface area contributed by atoms with Gasteiger partial charge in [0, 0.05) is 35.6 Å². The standard InChI is InChI=1S/C34H32N2O6S/c1-22-28(35-32(42-22)24-11-7-4-8-12-24)15-17-40-29-14-13-25(31-27(29)16-18-43-31)20-30(39-2)33(37)36-26(21-41-34(36)38)19-23-9-5-3-6-10-23/h3-14,16,18,26,30H,15,17,19-21H2,1-2H3. The summed E-state index contributed by atoms with van der Waals surface area (Å²) in [5.41, 5.74) is 3.78. The number of aryl methyl sites for hydroxylation is 1. The number of thiophene rings is 1. The van der Waals surface area contributed by atoms with Gasteiger partial charge in [0.2, 0.25) is 5.89 Å². The van der Waals surface area contributed by atoms with Gasteiger partial charge in [-0.1, -0.05) is 54.6 Å². The number of methoxy groups -OCH3 is 1. The Morgan fingerprint density at radius 2 is 1.84 bits per heavy atom. The Morgan fingerprint density at radius 3 is 2.60 bits per heavy atom. The second kappa shape index (κ2) is 12.8. The topological polar surface area (TPSA) is 91.1 Å². The van der Waals surface area contributed by atoms with Gasteiger partial charge in [-0.3, -0.25) is 4.79 Å². The molecular formula is C34H32N2O6S. The Kier molecular flexibility index (Phi) is 8.53. The van der Waals surface area contributed by atoms with Crippen LogP contribution in [0.25, 0.3) is 21.5 Å². The van der Waals surface area contributed by atoms with Gasteiger partial charge in [-0.15, -0.1) is 11.3 Å². The van der Waals surface area contributed by atoms with E-state index in [0.29, 0.717) is 31.8 Å². The number of carbonyl (C=O) groups is 2. The van der Waals surface area contributed by atoms with Crippen LogP contribution in [0.3, 0.4) is 0 Å². The number of rotatable bonds is 11. The van der Waals surface area contributed by atoms with E-state index in [0.717, 1.165) is 44.0 Å². The molecule has 0 spiro atoms. The van der Waals surface area contributed by atoms with Crippen LogP contribution < -0.4 is 4.74 Å². The fourth-order valence-corrected chi connectivity index (χ4v) is 6.33. The van der Waals surface area contributed by atoms with Gasteiger partial charge in [0.1, 0.15) is 24.2 Å². The summed E-state index contributed by atoms with van der Waals surface area (Å²) in [5, 5.41) is 2.97. The highest BCUT2D eigenvalue weighted by atomic mass is 32.1. The molecule has 9 heteroatoms. The van der Waals surface area contributed by atoms with Crippen molar-refractivity contribution >= 4 is 33.4 Å². The first-order valence-corrected chi connectivity index (χ1v) is 15.1. The maximum absolute atomic E-state index is 13.6. The molecule has 1 aliphatic heterocycles. The molecule has 2 unspecified atom stereocenters. The molecule has 1 fully saturated rings. The van der Waals surface area contributed by atoms with E-state index in [2.05, 4.69) is 4.98 Å². The van der Waals surface area contributed by atoms with Gasteiger partial charge in [-0.25, -0.2) is 14.7 Å². The van der Waals surface area contributed by atoms with E-state index in [9.17, 15) is 9.59 Å². The highest BCUT2D eigenvalue weighted by molar-refractivity contribution is 7.17. The van der Waals surface area contributed by atoms with Gasteiger partial charge in [0.25, 0.3) is 5.91 Å². The van der Waals surface area contributed by atoms with Crippen LogP contribution in [0.5, 0.6) is 5.75 Å². The molecule has 43 heavy (non-hydrogen) atoms. The van der Waals surface area contributed by atoms with Gasteiger partial charge in [-0.2, -0.15) is 0 Å². The molecule has 220 valence electrons. The molecule has 2 aromatic heterocycles. The van der Waals surface area contributed by atoms with Crippen LogP contribution in [0.2, 0.25) is 0 Å². The number of imide groups is 1. The molecule has 3 heterocycles. The van der Waals surface area contributed by atoms with Gasteiger partial charge < -0.3 is 18.6 Å². The molecule has 2 atom stereocenters. The number of oxazole rings is 1. The number of aromatic nitrogens is 1. The van der Waals surface area contributed by atoms with Crippen LogP contribution in [-0.4, -0.2) is 54.4 Å². The molecule has 0 aliphatic carbocycles. The molecule has 3 aromatic carbocycles. The van der Waals surface area contributed by atoms with Gasteiger partial charge >= 0.3 is 6.09 Å². The van der Waals surface area contributed by atoms with Crippen molar-refractivity contribution in [2.75, 3.05) is 20.3 Å². The maximum Gasteiger partial charge on any atom is 0.417 e. The van der Waals surface area contributed by atoms with E-state index in [4.69, 9.17) is 18.6 Å². The van der Waals surface area contributed by atoms with Crippen LogP contribution in [0.4, 0.5) is 4.79 Å². The Labute approximate surface area is 253 Å². The minimum absolute atomic E-state index is 0.165. The Bertz CT molecular complexity index is 1720. The van der Waals surface area contributed by atoms with E-state index in [1.165, 1.54) is 12.0 Å². The van der Waals surface area contributed by atoms with Gasteiger partial charge in [0.05, 0.1) is 18.3 Å². The first-order chi connectivity index (χ1) is 21.0. The van der Waals surface area contributed by atoms with E-state index < -0.39 is 18.1 Å². The minimum atomic E-state index is -0.838. The number of amides is 2. The SMILES string of the molecule is COC(Cc1ccc(OCCc2nc(-c3ccccc3)oc2C)c2ccsc12)C(=O)N1C(=O)OCC1Cc1ccccc1. The van der Waals surface area contributed by atoms with E-state index in [-0.39, 0.29) is 12.6 Å². The van der Waals surface area contributed by atoms with Crippen molar-refractivity contribution < 1.29 is 28.2 Å². The Morgan fingerprint density at radius 1 is 1.07 bits per heavy atom. The van der Waals surface area contributed by atoms with Crippen molar-refractivity contribution in [1.29, 1.82) is 0 Å². The predicted octanol–water partition coefficient (Wildman–Crippen LogP) is 6.63. The van der Waals surface area contributed by atoms with Crippen molar-refractivity contribution in [2.45, 2.75) is 38.3 Å². The number of hydrogen-bond acceptors (Lipinski definition) is 8. The normalized spacial score (nSPS) is 15.5. The number of benzene rings is 3. The summed E-state index contributed by atoms with van der Waals surface area (Å²) >= 11 is 1.58. The van der Waals surface area contributed by atoms with E-state index in [1.807, 2.05) is 91.2 Å². The predicted molar refractivity (Wildman–Crippen MR) is 164 cm³/mol. The number of ether oxygens (including phenoxy) is 3. The maximum atomic E-state index is 13.6.